The van der Waals surface area contributed by atoms with Crippen LogP contribution in [-0.4, -0.2) is 31.4 Å². The van der Waals surface area contributed by atoms with Crippen LogP contribution in [0.15, 0.2) is 36.4 Å². The maximum Gasteiger partial charge on any atom is 0.339 e. The van der Waals surface area contributed by atoms with Crippen LogP contribution in [0.5, 0.6) is 17.2 Å². The van der Waals surface area contributed by atoms with E-state index in [0.29, 0.717) is 30.3 Å². The molecule has 0 aromatic heterocycles. The highest BCUT2D eigenvalue weighted by Gasteiger charge is 2.21. The van der Waals surface area contributed by atoms with Gasteiger partial charge in [0.2, 0.25) is 0 Å². The van der Waals surface area contributed by atoms with Gasteiger partial charge in [0.05, 0.1) is 12.7 Å². The zero-order valence-electron chi connectivity index (χ0n) is 12.5. The van der Waals surface area contributed by atoms with Gasteiger partial charge in [-0.2, -0.15) is 0 Å². The van der Waals surface area contributed by atoms with Gasteiger partial charge in [-0.3, -0.25) is 0 Å². The van der Waals surface area contributed by atoms with Crippen LogP contribution in [0.4, 0.5) is 0 Å². The molecule has 1 N–H and O–H groups in total. The lowest BCUT2D eigenvalue weighted by atomic mass is 10.1. The van der Waals surface area contributed by atoms with Crippen LogP contribution in [-0.2, 0) is 0 Å². The number of carbonyl (C=O) groups is 1. The van der Waals surface area contributed by atoms with Crippen LogP contribution >= 0.6 is 0 Å². The van der Waals surface area contributed by atoms with Gasteiger partial charge in [0.1, 0.15) is 24.5 Å². The fraction of sp³-hybridized carbons (Fsp3) is 0.167. The van der Waals surface area contributed by atoms with Crippen LogP contribution < -0.4 is 14.2 Å². The summed E-state index contributed by atoms with van der Waals surface area (Å²) in [7, 11) is 1.58. The number of ether oxygens (including phenoxy) is 3. The average Bonchev–Trinajstić information content (AvgIpc) is 2.59. The Hall–Kier alpha value is -3.13. The van der Waals surface area contributed by atoms with E-state index in [4.69, 9.17) is 14.2 Å². The average molecular weight is 310 g/mol. The van der Waals surface area contributed by atoms with Gasteiger partial charge in [-0.25, -0.2) is 4.79 Å². The molecule has 0 saturated carbocycles. The quantitative estimate of drug-likeness (QED) is 0.864. The molecule has 0 radical (unpaired) electrons. The number of carboxylic acids is 1. The summed E-state index contributed by atoms with van der Waals surface area (Å²) < 4.78 is 16.1. The van der Waals surface area contributed by atoms with Gasteiger partial charge in [-0.15, -0.1) is 0 Å². The van der Waals surface area contributed by atoms with Crippen molar-refractivity contribution < 1.29 is 24.1 Å². The highest BCUT2D eigenvalue weighted by atomic mass is 16.6. The SMILES string of the molecule is COc1ccccc1C#Cc1cc2c(c(C(=O)O)c1)OCCO2. The number of benzene rings is 2. The number of methoxy groups -OCH3 is 1. The molecule has 5 nitrogen and oxygen atoms in total. The Kier molecular flexibility index (Phi) is 4.07. The summed E-state index contributed by atoms with van der Waals surface area (Å²) in [5.41, 5.74) is 1.31. The van der Waals surface area contributed by atoms with E-state index >= 15 is 0 Å². The Bertz CT molecular complexity index is 814. The molecule has 0 spiro atoms. The Balaban J connectivity index is 2.03. The molecule has 1 aliphatic rings. The molecule has 3 rings (SSSR count). The van der Waals surface area contributed by atoms with E-state index in [9.17, 15) is 9.90 Å². The Morgan fingerprint density at radius 1 is 1.17 bits per heavy atom. The summed E-state index contributed by atoms with van der Waals surface area (Å²) in [5, 5.41) is 9.33. The van der Waals surface area contributed by atoms with Gasteiger partial charge in [-0.1, -0.05) is 24.0 Å². The summed E-state index contributed by atoms with van der Waals surface area (Å²) in [6.45, 7) is 0.717. The van der Waals surface area contributed by atoms with Gasteiger partial charge in [0, 0.05) is 5.56 Å². The fourth-order valence-corrected chi connectivity index (χ4v) is 2.27. The topological polar surface area (TPSA) is 65.0 Å². The molecule has 116 valence electrons. The van der Waals surface area contributed by atoms with Crippen molar-refractivity contribution in [1.82, 2.24) is 0 Å². The molecule has 0 aliphatic carbocycles. The summed E-state index contributed by atoms with van der Waals surface area (Å²) in [4.78, 5) is 11.4. The zero-order valence-corrected chi connectivity index (χ0v) is 12.5. The lowest BCUT2D eigenvalue weighted by molar-refractivity contribution is 0.0686. The highest BCUT2D eigenvalue weighted by molar-refractivity contribution is 5.92. The predicted molar refractivity (Wildman–Crippen MR) is 83.4 cm³/mol. The number of aromatic carboxylic acids is 1. The zero-order chi connectivity index (χ0) is 16.2. The normalized spacial score (nSPS) is 12.0. The monoisotopic (exact) mass is 310 g/mol. The molecule has 0 bridgehead atoms. The lowest BCUT2D eigenvalue weighted by Gasteiger charge is -2.20. The summed E-state index contributed by atoms with van der Waals surface area (Å²) in [6.07, 6.45) is 0. The third-order valence-corrected chi connectivity index (χ3v) is 3.32. The van der Waals surface area contributed by atoms with Crippen molar-refractivity contribution in [3.05, 3.63) is 53.1 Å². The molecule has 1 heterocycles. The van der Waals surface area contributed by atoms with Gasteiger partial charge in [0.25, 0.3) is 0 Å². The van der Waals surface area contributed by atoms with Crippen molar-refractivity contribution in [1.29, 1.82) is 0 Å². The molecule has 0 amide bonds. The third kappa shape index (κ3) is 3.06. The van der Waals surface area contributed by atoms with Crippen molar-refractivity contribution in [2.24, 2.45) is 0 Å². The van der Waals surface area contributed by atoms with Crippen molar-refractivity contribution in [2.75, 3.05) is 20.3 Å². The maximum absolute atomic E-state index is 11.4. The van der Waals surface area contributed by atoms with E-state index in [1.165, 1.54) is 6.07 Å². The minimum atomic E-state index is -1.08. The summed E-state index contributed by atoms with van der Waals surface area (Å²) >= 11 is 0. The molecular formula is C18H14O5. The molecule has 2 aromatic rings. The van der Waals surface area contributed by atoms with Crippen molar-refractivity contribution in [2.45, 2.75) is 0 Å². The van der Waals surface area contributed by atoms with Gasteiger partial charge in [0.15, 0.2) is 11.5 Å². The van der Waals surface area contributed by atoms with Gasteiger partial charge >= 0.3 is 5.97 Å². The number of rotatable bonds is 2. The van der Waals surface area contributed by atoms with Gasteiger partial charge < -0.3 is 19.3 Å². The Morgan fingerprint density at radius 3 is 2.74 bits per heavy atom. The van der Waals surface area contributed by atoms with Crippen LogP contribution in [0.25, 0.3) is 0 Å². The lowest BCUT2D eigenvalue weighted by Crippen LogP contribution is -2.18. The third-order valence-electron chi connectivity index (χ3n) is 3.32. The van der Waals surface area contributed by atoms with E-state index < -0.39 is 5.97 Å². The van der Waals surface area contributed by atoms with E-state index in [0.717, 1.165) is 5.56 Å². The molecule has 2 aromatic carbocycles. The molecule has 23 heavy (non-hydrogen) atoms. The Labute approximate surface area is 133 Å². The van der Waals surface area contributed by atoms with E-state index in [1.807, 2.05) is 24.3 Å². The fourth-order valence-electron chi connectivity index (χ4n) is 2.27. The van der Waals surface area contributed by atoms with Crippen molar-refractivity contribution in [3.63, 3.8) is 0 Å². The molecule has 0 fully saturated rings. The first kappa shape index (κ1) is 14.8. The number of carboxylic acid groups (broad SMARTS) is 1. The van der Waals surface area contributed by atoms with Gasteiger partial charge in [-0.05, 0) is 24.3 Å². The van der Waals surface area contributed by atoms with E-state index in [1.54, 1.807) is 13.2 Å². The van der Waals surface area contributed by atoms with Crippen molar-refractivity contribution in [3.8, 4) is 29.1 Å². The second-order valence-corrected chi connectivity index (χ2v) is 4.80. The van der Waals surface area contributed by atoms with E-state index in [-0.39, 0.29) is 11.3 Å². The maximum atomic E-state index is 11.4. The summed E-state index contributed by atoms with van der Waals surface area (Å²) in [5.74, 6) is 6.19. The number of hydrogen-bond donors (Lipinski definition) is 1. The van der Waals surface area contributed by atoms with Crippen LogP contribution in [0.3, 0.4) is 0 Å². The highest BCUT2D eigenvalue weighted by Crippen LogP contribution is 2.35. The Morgan fingerprint density at radius 2 is 1.96 bits per heavy atom. The molecule has 0 atom stereocenters. The minimum Gasteiger partial charge on any atom is -0.495 e. The number of fused-ring (bicyclic) bond motifs is 1. The first-order valence-electron chi connectivity index (χ1n) is 7.01. The van der Waals surface area contributed by atoms with Crippen LogP contribution in [0.2, 0.25) is 0 Å². The second kappa shape index (κ2) is 6.32. The number of hydrogen-bond acceptors (Lipinski definition) is 4. The first-order valence-corrected chi connectivity index (χ1v) is 7.01. The first-order chi connectivity index (χ1) is 11.2. The van der Waals surface area contributed by atoms with E-state index in [2.05, 4.69) is 11.8 Å². The largest absolute Gasteiger partial charge is 0.495 e. The molecule has 0 unspecified atom stereocenters. The second-order valence-electron chi connectivity index (χ2n) is 4.80. The molecule has 1 aliphatic heterocycles. The van der Waals surface area contributed by atoms with Crippen molar-refractivity contribution >= 4 is 5.97 Å². The van der Waals surface area contributed by atoms with Crippen LogP contribution in [0, 0.1) is 11.8 Å². The summed E-state index contributed by atoms with van der Waals surface area (Å²) in [6, 6.07) is 10.5. The predicted octanol–water partition coefficient (Wildman–Crippen LogP) is 2.56. The number of para-hydroxylation sites is 1. The molecule has 5 heteroatoms. The minimum absolute atomic E-state index is 0.0477. The smallest absolute Gasteiger partial charge is 0.339 e. The standard InChI is InChI=1S/C18H14O5/c1-21-15-5-3-2-4-13(15)7-6-12-10-14(18(19)20)17-16(11-12)22-8-9-23-17/h2-5,10-11H,8-9H2,1H3,(H,19,20). The molecular weight excluding hydrogens is 296 g/mol. The molecule has 0 saturated heterocycles. The van der Waals surface area contributed by atoms with Crippen LogP contribution in [0.1, 0.15) is 21.5 Å².